The molecule has 1 aliphatic heterocycles. The molecule has 0 unspecified atom stereocenters. The average molecular weight is 364 g/mol. The number of aliphatic carboxylic acids is 1. The Morgan fingerprint density at radius 2 is 2.25 bits per heavy atom. The van der Waals surface area contributed by atoms with Crippen molar-refractivity contribution in [3.63, 3.8) is 0 Å². The number of carboxylic acid groups (broad SMARTS) is 1. The van der Waals surface area contributed by atoms with Gasteiger partial charge in [0.05, 0.1) is 10.6 Å². The Morgan fingerprint density at radius 3 is 3.00 bits per heavy atom. The summed E-state index contributed by atoms with van der Waals surface area (Å²) in [6.45, 7) is 0.340. The van der Waals surface area contributed by atoms with Gasteiger partial charge in [0, 0.05) is 36.4 Å². The van der Waals surface area contributed by atoms with Crippen LogP contribution in [0.2, 0.25) is 0 Å². The number of carbonyl (C=O) groups is 1. The van der Waals surface area contributed by atoms with Crippen molar-refractivity contribution in [2.24, 2.45) is 4.99 Å². The van der Waals surface area contributed by atoms with Gasteiger partial charge in [0.2, 0.25) is 5.88 Å². The second kappa shape index (κ2) is 6.66. The van der Waals surface area contributed by atoms with Gasteiger partial charge in [-0.05, 0) is 36.8 Å². The lowest BCUT2D eigenvalue weighted by Gasteiger charge is -2.03. The minimum absolute atomic E-state index is 0.00634. The first-order valence-corrected chi connectivity index (χ1v) is 8.38. The van der Waals surface area contributed by atoms with Gasteiger partial charge in [0.25, 0.3) is 0 Å². The number of aromatic nitrogens is 1. The van der Waals surface area contributed by atoms with E-state index in [1.165, 1.54) is 28.0 Å². The molecule has 0 saturated heterocycles. The van der Waals surface area contributed by atoms with Crippen molar-refractivity contribution in [3.8, 4) is 5.88 Å². The molecule has 0 aliphatic carbocycles. The molecule has 0 spiro atoms. The summed E-state index contributed by atoms with van der Waals surface area (Å²) in [5.74, 6) is -1.23. The molecule has 0 bridgehead atoms. The lowest BCUT2D eigenvalue weighted by molar-refractivity contribution is -0.137. The van der Waals surface area contributed by atoms with Crippen molar-refractivity contribution in [2.45, 2.75) is 19.4 Å². The zero-order valence-corrected chi connectivity index (χ0v) is 14.0. The van der Waals surface area contributed by atoms with Crippen molar-refractivity contribution >= 4 is 53.1 Å². The Morgan fingerprint density at radius 1 is 1.46 bits per heavy atom. The molecule has 0 saturated carbocycles. The van der Waals surface area contributed by atoms with Crippen LogP contribution >= 0.6 is 23.6 Å². The van der Waals surface area contributed by atoms with Gasteiger partial charge in [-0.3, -0.25) is 14.4 Å². The lowest BCUT2D eigenvalue weighted by Crippen LogP contribution is -2.01. The molecule has 124 valence electrons. The molecule has 1 aromatic heterocycles. The van der Waals surface area contributed by atoms with Crippen molar-refractivity contribution in [2.75, 3.05) is 0 Å². The molecule has 0 radical (unpaired) electrons. The van der Waals surface area contributed by atoms with Crippen LogP contribution in [0.3, 0.4) is 0 Å². The molecule has 1 aromatic carbocycles. The van der Waals surface area contributed by atoms with E-state index in [9.17, 15) is 14.3 Å². The van der Waals surface area contributed by atoms with Crippen LogP contribution in [0, 0.1) is 9.77 Å². The smallest absolute Gasteiger partial charge is 0.303 e. The van der Waals surface area contributed by atoms with Crippen LogP contribution in [-0.4, -0.2) is 27.0 Å². The Bertz CT molecular complexity index is 928. The summed E-state index contributed by atoms with van der Waals surface area (Å²) in [5, 5.41) is 19.0. The van der Waals surface area contributed by atoms with Gasteiger partial charge in [0.15, 0.2) is 3.95 Å². The summed E-state index contributed by atoms with van der Waals surface area (Å²) >= 11 is 6.47. The summed E-state index contributed by atoms with van der Waals surface area (Å²) < 4.78 is 15.2. The number of rotatable bonds is 5. The number of thiazole rings is 1. The minimum atomic E-state index is -0.885. The Balaban J connectivity index is 1.89. The number of aliphatic imine (C=N–C) groups is 1. The fourth-order valence-electron chi connectivity index (χ4n) is 2.41. The van der Waals surface area contributed by atoms with Crippen LogP contribution in [0.5, 0.6) is 5.88 Å². The van der Waals surface area contributed by atoms with Gasteiger partial charge in [-0.1, -0.05) is 0 Å². The summed E-state index contributed by atoms with van der Waals surface area (Å²) in [6.07, 6.45) is 3.75. The van der Waals surface area contributed by atoms with Crippen LogP contribution in [0.4, 0.5) is 10.1 Å². The van der Waals surface area contributed by atoms with E-state index in [1.807, 2.05) is 0 Å². The number of hydrogen-bond donors (Lipinski definition) is 2. The maximum Gasteiger partial charge on any atom is 0.303 e. The number of allylic oxidation sites excluding steroid dienone is 1. The van der Waals surface area contributed by atoms with E-state index >= 15 is 0 Å². The highest BCUT2D eigenvalue weighted by molar-refractivity contribution is 7.73. The van der Waals surface area contributed by atoms with Crippen molar-refractivity contribution in [1.29, 1.82) is 0 Å². The van der Waals surface area contributed by atoms with Crippen molar-refractivity contribution in [3.05, 3.63) is 38.4 Å². The van der Waals surface area contributed by atoms with E-state index in [0.717, 1.165) is 11.1 Å². The lowest BCUT2D eigenvalue weighted by atomic mass is 10.1. The normalized spacial score (nSPS) is 14.3. The summed E-state index contributed by atoms with van der Waals surface area (Å²) in [5.41, 5.74) is 2.09. The Hall–Kier alpha value is -2.32. The second-order valence-corrected chi connectivity index (χ2v) is 6.90. The first-order valence-electron chi connectivity index (χ1n) is 7.16. The standard InChI is InChI=1S/C16H13FN2O3S2/c17-10-3-4-11-9(8-18-12(11)7-10)6-13-15(22)19(16(23)24-13)5-1-2-14(20)21/h3-4,6-8,22H,1-2,5H2,(H,20,21). The van der Waals surface area contributed by atoms with Crippen LogP contribution in [-0.2, 0) is 11.3 Å². The highest BCUT2D eigenvalue weighted by Gasteiger charge is 2.16. The minimum Gasteiger partial charge on any atom is -0.493 e. The number of hydrogen-bond acceptors (Lipinski definition) is 5. The molecule has 2 aromatic rings. The fourth-order valence-corrected chi connectivity index (χ4v) is 3.73. The highest BCUT2D eigenvalue weighted by atomic mass is 32.1. The monoisotopic (exact) mass is 364 g/mol. The van der Waals surface area contributed by atoms with E-state index in [1.54, 1.807) is 18.4 Å². The molecule has 24 heavy (non-hydrogen) atoms. The SMILES string of the molecule is O=C(O)CCCn1c(O)c(C=C2C=Nc3cc(F)ccc32)sc1=S. The number of carboxylic acids is 1. The molecular formula is C16H13FN2O3S2. The number of halogens is 1. The third-order valence-corrected chi connectivity index (χ3v) is 4.95. The molecular weight excluding hydrogens is 351 g/mol. The molecule has 8 heteroatoms. The summed E-state index contributed by atoms with van der Waals surface area (Å²) in [7, 11) is 0. The molecule has 3 rings (SSSR count). The van der Waals surface area contributed by atoms with Crippen LogP contribution in [0.1, 0.15) is 23.3 Å². The largest absolute Gasteiger partial charge is 0.493 e. The third-order valence-electron chi connectivity index (χ3n) is 3.57. The fraction of sp³-hybridized carbons (Fsp3) is 0.188. The maximum absolute atomic E-state index is 13.2. The van der Waals surface area contributed by atoms with Gasteiger partial charge in [0.1, 0.15) is 5.82 Å². The van der Waals surface area contributed by atoms with Gasteiger partial charge >= 0.3 is 5.97 Å². The van der Waals surface area contributed by atoms with Gasteiger partial charge in [-0.15, -0.1) is 11.3 Å². The third kappa shape index (κ3) is 3.29. The number of benzene rings is 1. The molecule has 2 N–H and O–H groups in total. The summed E-state index contributed by atoms with van der Waals surface area (Å²) in [4.78, 5) is 15.3. The zero-order valence-electron chi connectivity index (χ0n) is 12.4. The van der Waals surface area contributed by atoms with Crippen LogP contribution in [0.15, 0.2) is 23.2 Å². The number of fused-ring (bicyclic) bond motifs is 1. The van der Waals surface area contributed by atoms with Gasteiger partial charge < -0.3 is 10.2 Å². The molecule has 0 amide bonds. The number of nitrogens with zero attached hydrogens (tertiary/aromatic N) is 2. The first kappa shape index (κ1) is 16.5. The van der Waals surface area contributed by atoms with E-state index in [2.05, 4.69) is 4.99 Å². The molecule has 0 atom stereocenters. The van der Waals surface area contributed by atoms with Crippen LogP contribution in [0.25, 0.3) is 11.6 Å². The highest BCUT2D eigenvalue weighted by Crippen LogP contribution is 2.36. The zero-order chi connectivity index (χ0) is 17.3. The van der Waals surface area contributed by atoms with E-state index in [0.29, 0.717) is 27.5 Å². The van der Waals surface area contributed by atoms with Gasteiger partial charge in [-0.25, -0.2) is 4.39 Å². The first-order chi connectivity index (χ1) is 11.5. The Labute approximate surface area is 146 Å². The molecule has 2 heterocycles. The average Bonchev–Trinajstić information content (AvgIpc) is 3.02. The summed E-state index contributed by atoms with van der Waals surface area (Å²) in [6, 6.07) is 4.36. The molecule has 1 aliphatic rings. The predicted octanol–water partition coefficient (Wildman–Crippen LogP) is 4.25. The van der Waals surface area contributed by atoms with Crippen LogP contribution < -0.4 is 0 Å². The van der Waals surface area contributed by atoms with Crippen molar-refractivity contribution in [1.82, 2.24) is 4.57 Å². The van der Waals surface area contributed by atoms with E-state index in [-0.39, 0.29) is 18.1 Å². The molecule has 5 nitrogen and oxygen atoms in total. The predicted molar refractivity (Wildman–Crippen MR) is 94.1 cm³/mol. The topological polar surface area (TPSA) is 74.8 Å². The van der Waals surface area contributed by atoms with Gasteiger partial charge in [-0.2, -0.15) is 0 Å². The quantitative estimate of drug-likeness (QED) is 0.778. The molecule has 0 fully saturated rings. The van der Waals surface area contributed by atoms with E-state index in [4.69, 9.17) is 17.3 Å². The number of aromatic hydroxyl groups is 1. The maximum atomic E-state index is 13.2. The Kier molecular flexibility index (Phi) is 4.59. The van der Waals surface area contributed by atoms with E-state index < -0.39 is 5.97 Å². The van der Waals surface area contributed by atoms with Crippen molar-refractivity contribution < 1.29 is 19.4 Å². The second-order valence-electron chi connectivity index (χ2n) is 5.22.